The molecule has 1 aromatic heterocycles. The largest absolute Gasteiger partial charge is 0.478 e. The van der Waals surface area contributed by atoms with E-state index in [0.717, 1.165) is 33.3 Å². The second-order valence-corrected chi connectivity index (χ2v) is 6.21. The van der Waals surface area contributed by atoms with Crippen LogP contribution in [0.5, 0.6) is 0 Å². The summed E-state index contributed by atoms with van der Waals surface area (Å²) >= 11 is 0. The number of benzene rings is 2. The van der Waals surface area contributed by atoms with E-state index >= 15 is 0 Å². The summed E-state index contributed by atoms with van der Waals surface area (Å²) in [5.74, 6) is -0.935. The second-order valence-electron chi connectivity index (χ2n) is 6.21. The van der Waals surface area contributed by atoms with Crippen molar-refractivity contribution in [3.63, 3.8) is 0 Å². The summed E-state index contributed by atoms with van der Waals surface area (Å²) in [7, 11) is 0. The van der Waals surface area contributed by atoms with E-state index < -0.39 is 5.97 Å². The summed E-state index contributed by atoms with van der Waals surface area (Å²) in [5, 5.41) is 17.4. The van der Waals surface area contributed by atoms with Crippen molar-refractivity contribution in [1.29, 1.82) is 5.41 Å². The third-order valence-corrected chi connectivity index (χ3v) is 4.30. The number of aryl methyl sites for hydroxylation is 1. The summed E-state index contributed by atoms with van der Waals surface area (Å²) < 4.78 is 0. The molecule has 0 bridgehead atoms. The first-order valence-corrected chi connectivity index (χ1v) is 8.13. The van der Waals surface area contributed by atoms with Gasteiger partial charge in [0, 0.05) is 22.6 Å². The summed E-state index contributed by atoms with van der Waals surface area (Å²) in [5.41, 5.74) is 11.3. The van der Waals surface area contributed by atoms with E-state index in [2.05, 4.69) is 0 Å². The Balaban J connectivity index is 2.10. The summed E-state index contributed by atoms with van der Waals surface area (Å²) in [6, 6.07) is 15.2. The zero-order valence-corrected chi connectivity index (χ0v) is 14.6. The lowest BCUT2D eigenvalue weighted by atomic mass is 10.0. The van der Waals surface area contributed by atoms with E-state index in [4.69, 9.17) is 21.2 Å². The molecule has 0 fully saturated rings. The predicted octanol–water partition coefficient (Wildman–Crippen LogP) is 3.98. The highest BCUT2D eigenvalue weighted by Gasteiger charge is 2.08. The number of amidine groups is 1. The Labute approximate surface area is 151 Å². The number of nitrogens with one attached hydrogen (secondary N) is 1. The molecule has 3 rings (SSSR count). The van der Waals surface area contributed by atoms with Gasteiger partial charge in [-0.25, -0.2) is 9.78 Å². The zero-order valence-electron chi connectivity index (χ0n) is 14.6. The van der Waals surface area contributed by atoms with Gasteiger partial charge in [0.1, 0.15) is 5.84 Å². The standard InChI is InChI=1S/C21H19N3O2/c1-12(10-20(25)26)16-7-8-17-13(2)9-18(24-19(17)11-16)14-3-5-15(6-4-14)21(22)23/h3-11H,1-2H3,(H3,22,23)(H,25,26)/b12-10+. The van der Waals surface area contributed by atoms with Crippen molar-refractivity contribution in [3.05, 3.63) is 71.3 Å². The van der Waals surface area contributed by atoms with Gasteiger partial charge in [0.25, 0.3) is 0 Å². The first-order valence-electron chi connectivity index (χ1n) is 8.13. The van der Waals surface area contributed by atoms with Crippen LogP contribution in [0.25, 0.3) is 27.7 Å². The van der Waals surface area contributed by atoms with Gasteiger partial charge in [-0.2, -0.15) is 0 Å². The SMILES string of the molecule is C/C(=C\C(=O)O)c1ccc2c(C)cc(-c3ccc(C(=N)N)cc3)nc2c1. The quantitative estimate of drug-likeness (QED) is 0.378. The van der Waals surface area contributed by atoms with Crippen molar-refractivity contribution in [1.82, 2.24) is 4.98 Å². The number of allylic oxidation sites excluding steroid dienone is 1. The van der Waals surface area contributed by atoms with Crippen LogP contribution in [0.15, 0.2) is 54.6 Å². The molecule has 4 N–H and O–H groups in total. The fourth-order valence-electron chi connectivity index (χ4n) is 2.88. The van der Waals surface area contributed by atoms with Crippen LogP contribution in [0, 0.1) is 12.3 Å². The molecular weight excluding hydrogens is 326 g/mol. The Kier molecular flexibility index (Phi) is 4.54. The van der Waals surface area contributed by atoms with Crippen molar-refractivity contribution < 1.29 is 9.90 Å². The molecule has 0 saturated carbocycles. The molecule has 0 aliphatic heterocycles. The van der Waals surface area contributed by atoms with Gasteiger partial charge in [-0.3, -0.25) is 5.41 Å². The van der Waals surface area contributed by atoms with Crippen LogP contribution in [-0.4, -0.2) is 21.9 Å². The smallest absolute Gasteiger partial charge is 0.328 e. The average Bonchev–Trinajstić information content (AvgIpc) is 2.60. The van der Waals surface area contributed by atoms with Crippen molar-refractivity contribution in [2.75, 3.05) is 0 Å². The van der Waals surface area contributed by atoms with Gasteiger partial charge in [0.15, 0.2) is 0 Å². The fourth-order valence-corrected chi connectivity index (χ4v) is 2.88. The number of aliphatic carboxylic acids is 1. The first-order chi connectivity index (χ1) is 12.3. The van der Waals surface area contributed by atoms with Crippen LogP contribution in [0.3, 0.4) is 0 Å². The van der Waals surface area contributed by atoms with Crippen LogP contribution in [0.4, 0.5) is 0 Å². The highest BCUT2D eigenvalue weighted by atomic mass is 16.4. The van der Waals surface area contributed by atoms with Crippen molar-refractivity contribution in [3.8, 4) is 11.3 Å². The maximum absolute atomic E-state index is 10.9. The number of fused-ring (bicyclic) bond motifs is 1. The number of pyridine rings is 1. The molecule has 3 aromatic rings. The molecule has 0 aliphatic rings. The van der Waals surface area contributed by atoms with Crippen LogP contribution in [-0.2, 0) is 4.79 Å². The van der Waals surface area contributed by atoms with Crippen molar-refractivity contribution >= 4 is 28.3 Å². The maximum atomic E-state index is 10.9. The molecule has 2 aromatic carbocycles. The number of hydrogen-bond donors (Lipinski definition) is 3. The Hall–Kier alpha value is -3.47. The van der Waals surface area contributed by atoms with E-state index in [0.29, 0.717) is 11.1 Å². The van der Waals surface area contributed by atoms with Gasteiger partial charge < -0.3 is 10.8 Å². The van der Waals surface area contributed by atoms with E-state index in [1.807, 2.05) is 43.3 Å². The van der Waals surface area contributed by atoms with Crippen LogP contribution < -0.4 is 5.73 Å². The molecular formula is C21H19N3O2. The summed E-state index contributed by atoms with van der Waals surface area (Å²) in [4.78, 5) is 15.6. The summed E-state index contributed by atoms with van der Waals surface area (Å²) in [6.45, 7) is 3.80. The molecule has 0 amide bonds. The molecule has 0 unspecified atom stereocenters. The number of carboxylic acids is 1. The fraction of sp³-hybridized carbons (Fsp3) is 0.0952. The number of carboxylic acid groups (broad SMARTS) is 1. The molecule has 0 spiro atoms. The molecule has 0 radical (unpaired) electrons. The topological polar surface area (TPSA) is 100 Å². The van der Waals surface area contributed by atoms with Gasteiger partial charge in [-0.1, -0.05) is 36.4 Å². The third-order valence-electron chi connectivity index (χ3n) is 4.30. The van der Waals surface area contributed by atoms with Crippen LogP contribution in [0.2, 0.25) is 0 Å². The third kappa shape index (κ3) is 3.47. The number of hydrogen-bond acceptors (Lipinski definition) is 3. The lowest BCUT2D eigenvalue weighted by Gasteiger charge is -2.09. The van der Waals surface area contributed by atoms with Crippen LogP contribution >= 0.6 is 0 Å². The van der Waals surface area contributed by atoms with Gasteiger partial charge in [-0.05, 0) is 42.7 Å². The number of rotatable bonds is 4. The van der Waals surface area contributed by atoms with Crippen LogP contribution in [0.1, 0.15) is 23.6 Å². The monoisotopic (exact) mass is 345 g/mol. The number of nitrogens with zero attached hydrogens (tertiary/aromatic N) is 1. The molecule has 5 nitrogen and oxygen atoms in total. The number of nitrogens with two attached hydrogens (primary N) is 1. The molecule has 0 saturated heterocycles. The van der Waals surface area contributed by atoms with E-state index in [1.54, 1.807) is 19.1 Å². The maximum Gasteiger partial charge on any atom is 0.328 e. The Morgan fingerprint density at radius 3 is 2.38 bits per heavy atom. The van der Waals surface area contributed by atoms with E-state index in [1.165, 1.54) is 6.08 Å². The minimum absolute atomic E-state index is 0.0320. The number of carbonyl (C=O) groups is 1. The lowest BCUT2D eigenvalue weighted by Crippen LogP contribution is -2.10. The van der Waals surface area contributed by atoms with Gasteiger partial charge in [0.05, 0.1) is 11.2 Å². The van der Waals surface area contributed by atoms with Crippen molar-refractivity contribution in [2.24, 2.45) is 5.73 Å². The minimum atomic E-state index is -0.967. The Morgan fingerprint density at radius 1 is 1.12 bits per heavy atom. The van der Waals surface area contributed by atoms with Crippen molar-refractivity contribution in [2.45, 2.75) is 13.8 Å². The molecule has 1 heterocycles. The molecule has 5 heteroatoms. The van der Waals surface area contributed by atoms with E-state index in [9.17, 15) is 4.79 Å². The normalized spacial score (nSPS) is 11.5. The molecule has 0 aliphatic carbocycles. The van der Waals surface area contributed by atoms with Gasteiger partial charge in [0.2, 0.25) is 0 Å². The lowest BCUT2D eigenvalue weighted by molar-refractivity contribution is -0.131. The van der Waals surface area contributed by atoms with Gasteiger partial charge in [-0.15, -0.1) is 0 Å². The first kappa shape index (κ1) is 17.4. The van der Waals surface area contributed by atoms with Gasteiger partial charge >= 0.3 is 5.97 Å². The average molecular weight is 345 g/mol. The highest BCUT2D eigenvalue weighted by Crippen LogP contribution is 2.27. The Morgan fingerprint density at radius 2 is 1.77 bits per heavy atom. The second kappa shape index (κ2) is 6.80. The zero-order chi connectivity index (χ0) is 18.8. The Bertz CT molecular complexity index is 1050. The number of aromatic nitrogens is 1. The summed E-state index contributed by atoms with van der Waals surface area (Å²) in [6.07, 6.45) is 1.19. The number of nitrogen functional groups attached to an aromatic ring is 1. The predicted molar refractivity (Wildman–Crippen MR) is 104 cm³/mol. The molecule has 130 valence electrons. The highest BCUT2D eigenvalue weighted by molar-refractivity contribution is 5.95. The van der Waals surface area contributed by atoms with E-state index in [-0.39, 0.29) is 5.84 Å². The molecule has 26 heavy (non-hydrogen) atoms. The minimum Gasteiger partial charge on any atom is -0.478 e. The molecule has 0 atom stereocenters.